The number of nitrogens with one attached hydrogen (secondary N) is 1. The van der Waals surface area contributed by atoms with Crippen LogP contribution in [-0.2, 0) is 24.4 Å². The summed E-state index contributed by atoms with van der Waals surface area (Å²) in [5, 5.41) is 7.64. The number of hydrogen-bond donors (Lipinski definition) is 1. The predicted molar refractivity (Wildman–Crippen MR) is 127 cm³/mol. The molecule has 3 rings (SSSR count). The fraction of sp³-hybridized carbons (Fsp3) is 0.429. The van der Waals surface area contributed by atoms with E-state index in [1.807, 2.05) is 4.90 Å². The average Bonchev–Trinajstić information content (AvgIpc) is 3.31. The Bertz CT molecular complexity index is 778. The summed E-state index contributed by atoms with van der Waals surface area (Å²) in [7, 11) is 2.06. The first-order chi connectivity index (χ1) is 13.2. The van der Waals surface area contributed by atoms with E-state index in [2.05, 4.69) is 65.3 Å². The highest BCUT2D eigenvalue weighted by molar-refractivity contribution is 14.0. The van der Waals surface area contributed by atoms with Crippen molar-refractivity contribution in [2.75, 3.05) is 20.1 Å². The van der Waals surface area contributed by atoms with Gasteiger partial charge in [-0.3, -0.25) is 4.79 Å². The predicted octanol–water partition coefficient (Wildman–Crippen LogP) is 4.09. The third kappa shape index (κ3) is 6.48. The second-order valence-corrected chi connectivity index (χ2v) is 7.68. The molecule has 152 valence electrons. The maximum Gasteiger partial charge on any atom is 0.222 e. The first-order valence-corrected chi connectivity index (χ1v) is 10.5. The highest BCUT2D eigenvalue weighted by Gasteiger charge is 2.19. The first-order valence-electron chi connectivity index (χ1n) is 9.52. The van der Waals surface area contributed by atoms with Crippen LogP contribution in [0.15, 0.2) is 46.1 Å². The molecule has 5 nitrogen and oxygen atoms in total. The Morgan fingerprint density at radius 1 is 1.29 bits per heavy atom. The molecule has 0 atom stereocenters. The lowest BCUT2D eigenvalue weighted by molar-refractivity contribution is -0.128. The van der Waals surface area contributed by atoms with Crippen LogP contribution < -0.4 is 5.32 Å². The van der Waals surface area contributed by atoms with Crippen LogP contribution in [0.3, 0.4) is 0 Å². The second kappa shape index (κ2) is 11.4. The van der Waals surface area contributed by atoms with Crippen molar-refractivity contribution in [3.63, 3.8) is 0 Å². The van der Waals surface area contributed by atoms with Gasteiger partial charge in [-0.05, 0) is 46.9 Å². The number of carbonyl (C=O) groups excluding carboxylic acids is 1. The van der Waals surface area contributed by atoms with Crippen molar-refractivity contribution in [3.05, 3.63) is 57.8 Å². The van der Waals surface area contributed by atoms with Crippen LogP contribution in [0, 0.1) is 0 Å². The molecule has 1 amide bonds. The van der Waals surface area contributed by atoms with E-state index in [1.165, 1.54) is 16.7 Å². The largest absolute Gasteiger partial charge is 0.357 e. The lowest BCUT2D eigenvalue weighted by atomic mass is 10.1. The fourth-order valence-electron chi connectivity index (χ4n) is 3.29. The maximum absolute atomic E-state index is 11.8. The van der Waals surface area contributed by atoms with Gasteiger partial charge in [0.25, 0.3) is 0 Å². The van der Waals surface area contributed by atoms with Crippen LogP contribution in [0.5, 0.6) is 0 Å². The van der Waals surface area contributed by atoms with Gasteiger partial charge in [0.15, 0.2) is 5.96 Å². The highest BCUT2D eigenvalue weighted by atomic mass is 127. The first kappa shape index (κ1) is 22.7. The molecular formula is C21H29IN4OS. The van der Waals surface area contributed by atoms with E-state index in [4.69, 9.17) is 4.99 Å². The molecule has 1 fully saturated rings. The van der Waals surface area contributed by atoms with Gasteiger partial charge in [-0.25, -0.2) is 4.99 Å². The van der Waals surface area contributed by atoms with Crippen molar-refractivity contribution in [2.45, 2.75) is 39.4 Å². The van der Waals surface area contributed by atoms with E-state index in [1.54, 1.807) is 11.3 Å². The number of halogens is 1. The van der Waals surface area contributed by atoms with Crippen molar-refractivity contribution in [3.8, 4) is 0 Å². The molecule has 1 aromatic carbocycles. The Labute approximate surface area is 188 Å². The molecule has 0 radical (unpaired) electrons. The lowest BCUT2D eigenvalue weighted by Crippen LogP contribution is -2.38. The Hall–Kier alpha value is -1.61. The number of likely N-dealkylation sites (tertiary alicyclic amines) is 1. The summed E-state index contributed by atoms with van der Waals surface area (Å²) in [5.74, 6) is 1.17. The number of rotatable bonds is 7. The zero-order valence-corrected chi connectivity index (χ0v) is 19.7. The number of aliphatic imine (C=N–C) groups is 1. The van der Waals surface area contributed by atoms with Crippen LogP contribution in [0.1, 0.15) is 36.5 Å². The third-order valence-electron chi connectivity index (χ3n) is 4.64. The molecule has 1 aliphatic heterocycles. The van der Waals surface area contributed by atoms with E-state index in [-0.39, 0.29) is 29.9 Å². The van der Waals surface area contributed by atoms with Crippen LogP contribution in [0.2, 0.25) is 0 Å². The number of thiophene rings is 1. The fourth-order valence-corrected chi connectivity index (χ4v) is 3.94. The Morgan fingerprint density at radius 3 is 2.79 bits per heavy atom. The number of guanidine groups is 1. The lowest BCUT2D eigenvalue weighted by Gasteiger charge is -2.21. The molecule has 0 spiro atoms. The molecule has 1 aromatic heterocycles. The van der Waals surface area contributed by atoms with Crippen LogP contribution in [0.4, 0.5) is 0 Å². The summed E-state index contributed by atoms with van der Waals surface area (Å²) in [6, 6.07) is 10.6. The quantitative estimate of drug-likeness (QED) is 0.346. The van der Waals surface area contributed by atoms with Crippen molar-refractivity contribution >= 4 is 47.2 Å². The zero-order valence-electron chi connectivity index (χ0n) is 16.6. The zero-order chi connectivity index (χ0) is 19.1. The standard InChI is InChI=1S/C21H28N4OS.HI/c1-3-22-21(24(2)14-19-9-11-27-16-19)23-13-17-6-4-7-18(12-17)15-25-10-5-8-20(25)26;/h4,6-7,9,11-12,16H,3,5,8,10,13-15H2,1-2H3,(H,22,23);1H. The molecule has 1 saturated heterocycles. The highest BCUT2D eigenvalue weighted by Crippen LogP contribution is 2.16. The summed E-state index contributed by atoms with van der Waals surface area (Å²) in [6.07, 6.45) is 1.66. The van der Waals surface area contributed by atoms with E-state index < -0.39 is 0 Å². The van der Waals surface area contributed by atoms with Gasteiger partial charge in [-0.2, -0.15) is 11.3 Å². The molecule has 0 unspecified atom stereocenters. The minimum absolute atomic E-state index is 0. The molecule has 7 heteroatoms. The number of hydrogen-bond acceptors (Lipinski definition) is 3. The van der Waals surface area contributed by atoms with Gasteiger partial charge in [-0.1, -0.05) is 24.3 Å². The molecule has 0 bridgehead atoms. The van der Waals surface area contributed by atoms with Gasteiger partial charge in [0.1, 0.15) is 0 Å². The monoisotopic (exact) mass is 512 g/mol. The third-order valence-corrected chi connectivity index (χ3v) is 5.38. The van der Waals surface area contributed by atoms with Crippen molar-refractivity contribution in [1.29, 1.82) is 0 Å². The van der Waals surface area contributed by atoms with Gasteiger partial charge in [-0.15, -0.1) is 24.0 Å². The molecule has 0 saturated carbocycles. The van der Waals surface area contributed by atoms with Gasteiger partial charge in [0.05, 0.1) is 6.54 Å². The minimum atomic E-state index is 0. The Balaban J connectivity index is 0.00000280. The number of carbonyl (C=O) groups is 1. The van der Waals surface area contributed by atoms with Crippen LogP contribution in [0.25, 0.3) is 0 Å². The van der Waals surface area contributed by atoms with E-state index >= 15 is 0 Å². The Kier molecular flexibility index (Phi) is 9.24. The van der Waals surface area contributed by atoms with Crippen LogP contribution in [-0.4, -0.2) is 41.8 Å². The summed E-state index contributed by atoms with van der Waals surface area (Å²) in [6.45, 7) is 5.96. The van der Waals surface area contributed by atoms with Crippen molar-refractivity contribution < 1.29 is 4.79 Å². The van der Waals surface area contributed by atoms with E-state index in [9.17, 15) is 4.79 Å². The normalized spacial score (nSPS) is 14.1. The van der Waals surface area contributed by atoms with Gasteiger partial charge in [0, 0.05) is 39.6 Å². The minimum Gasteiger partial charge on any atom is -0.357 e. The van der Waals surface area contributed by atoms with E-state index in [0.29, 0.717) is 19.5 Å². The van der Waals surface area contributed by atoms with Crippen molar-refractivity contribution in [2.24, 2.45) is 4.99 Å². The molecule has 28 heavy (non-hydrogen) atoms. The summed E-state index contributed by atoms with van der Waals surface area (Å²) in [5.41, 5.74) is 3.64. The van der Waals surface area contributed by atoms with Gasteiger partial charge in [0.2, 0.25) is 5.91 Å². The SMILES string of the molecule is CCNC(=NCc1cccc(CN2CCCC2=O)c1)N(C)Cc1ccsc1.I. The summed E-state index contributed by atoms with van der Waals surface area (Å²) in [4.78, 5) is 20.7. The molecule has 2 aromatic rings. The number of nitrogens with zero attached hydrogens (tertiary/aromatic N) is 3. The molecule has 2 heterocycles. The molecule has 1 aliphatic rings. The smallest absolute Gasteiger partial charge is 0.222 e. The Morgan fingerprint density at radius 2 is 2.11 bits per heavy atom. The van der Waals surface area contributed by atoms with E-state index in [0.717, 1.165) is 32.0 Å². The molecule has 1 N–H and O–H groups in total. The second-order valence-electron chi connectivity index (χ2n) is 6.90. The summed E-state index contributed by atoms with van der Waals surface area (Å²) >= 11 is 1.72. The maximum atomic E-state index is 11.8. The average molecular weight is 512 g/mol. The van der Waals surface area contributed by atoms with Gasteiger partial charge >= 0.3 is 0 Å². The number of benzene rings is 1. The summed E-state index contributed by atoms with van der Waals surface area (Å²) < 4.78 is 0. The van der Waals surface area contributed by atoms with Crippen LogP contribution >= 0.6 is 35.3 Å². The topological polar surface area (TPSA) is 47.9 Å². The molecule has 0 aliphatic carbocycles. The number of amides is 1. The molecular weight excluding hydrogens is 483 g/mol. The van der Waals surface area contributed by atoms with Gasteiger partial charge < -0.3 is 15.1 Å². The van der Waals surface area contributed by atoms with Crippen molar-refractivity contribution in [1.82, 2.24) is 15.1 Å².